The molecular weight excluding hydrogens is 448 g/mol. The van der Waals surface area contributed by atoms with Crippen molar-refractivity contribution in [1.29, 1.82) is 0 Å². The van der Waals surface area contributed by atoms with Crippen molar-refractivity contribution in [3.05, 3.63) is 65.7 Å². The van der Waals surface area contributed by atoms with Crippen molar-refractivity contribution < 1.29 is 23.9 Å². The van der Waals surface area contributed by atoms with Crippen LogP contribution in [0, 0.1) is 0 Å². The highest BCUT2D eigenvalue weighted by atomic mass is 16.5. The first kappa shape index (κ1) is 25.7. The van der Waals surface area contributed by atoms with Crippen LogP contribution in [-0.4, -0.2) is 79.8 Å². The van der Waals surface area contributed by atoms with Gasteiger partial charge in [0.05, 0.1) is 25.1 Å². The van der Waals surface area contributed by atoms with E-state index in [-0.39, 0.29) is 31.0 Å². The Balaban J connectivity index is 1.73. The van der Waals surface area contributed by atoms with Gasteiger partial charge in [0.1, 0.15) is 18.4 Å². The average molecular weight is 481 g/mol. The molecule has 1 heterocycles. The van der Waals surface area contributed by atoms with Crippen molar-refractivity contribution in [1.82, 2.24) is 20.4 Å². The molecule has 35 heavy (non-hydrogen) atoms. The fourth-order valence-electron chi connectivity index (χ4n) is 3.66. The molecule has 0 aromatic heterocycles. The molecule has 9 heteroatoms. The van der Waals surface area contributed by atoms with E-state index in [2.05, 4.69) is 10.6 Å². The molecule has 1 aliphatic rings. The Bertz CT molecular complexity index is 1040. The maximum atomic E-state index is 13.0. The maximum Gasteiger partial charge on any atom is 0.255 e. The second kappa shape index (κ2) is 12.5. The monoisotopic (exact) mass is 480 g/mol. The van der Waals surface area contributed by atoms with Gasteiger partial charge in [-0.2, -0.15) is 0 Å². The fraction of sp³-hybridized carbons (Fsp3) is 0.385. The summed E-state index contributed by atoms with van der Waals surface area (Å²) < 4.78 is 5.75. The number of amides is 4. The first-order valence-electron chi connectivity index (χ1n) is 11.7. The number of likely N-dealkylation sites (N-methyl/N-ethyl adjacent to an activating group) is 2. The molecule has 0 fully saturated rings. The molecule has 0 spiro atoms. The Kier molecular flexibility index (Phi) is 9.23. The number of hydrogen-bond acceptors (Lipinski definition) is 5. The van der Waals surface area contributed by atoms with Crippen molar-refractivity contribution >= 4 is 23.6 Å². The van der Waals surface area contributed by atoms with E-state index in [4.69, 9.17) is 4.74 Å². The summed E-state index contributed by atoms with van der Waals surface area (Å²) in [7, 11) is 3.13. The van der Waals surface area contributed by atoms with E-state index in [0.717, 1.165) is 12.0 Å². The normalized spacial score (nSPS) is 17.7. The fourth-order valence-corrected chi connectivity index (χ4v) is 3.66. The predicted octanol–water partition coefficient (Wildman–Crippen LogP) is 1.23. The highest BCUT2D eigenvalue weighted by molar-refractivity contribution is 6.00. The quantitative estimate of drug-likeness (QED) is 0.626. The van der Waals surface area contributed by atoms with Gasteiger partial charge in [0.15, 0.2) is 0 Å². The summed E-state index contributed by atoms with van der Waals surface area (Å²) in [4.78, 5) is 54.0. The van der Waals surface area contributed by atoms with E-state index in [1.165, 1.54) is 16.8 Å². The first-order valence-corrected chi connectivity index (χ1v) is 11.7. The molecule has 0 aliphatic carbocycles. The number of benzene rings is 2. The Morgan fingerprint density at radius 1 is 1.00 bits per heavy atom. The van der Waals surface area contributed by atoms with Gasteiger partial charge in [-0.3, -0.25) is 19.2 Å². The second-order valence-electron chi connectivity index (χ2n) is 8.52. The molecular formula is C26H32N4O5. The molecule has 2 N–H and O–H groups in total. The molecule has 186 valence electrons. The Labute approximate surface area is 205 Å². The smallest absolute Gasteiger partial charge is 0.255 e. The molecule has 9 nitrogen and oxygen atoms in total. The van der Waals surface area contributed by atoms with Gasteiger partial charge in [-0.15, -0.1) is 0 Å². The Hall–Kier alpha value is -3.88. The molecule has 4 amide bonds. The number of carbonyl (C=O) groups excluding carboxylic acids is 4. The maximum absolute atomic E-state index is 13.0. The van der Waals surface area contributed by atoms with Gasteiger partial charge in [-0.1, -0.05) is 42.5 Å². The average Bonchev–Trinajstić information content (AvgIpc) is 2.86. The van der Waals surface area contributed by atoms with Crippen LogP contribution < -0.4 is 15.4 Å². The van der Waals surface area contributed by atoms with Crippen molar-refractivity contribution in [2.24, 2.45) is 0 Å². The zero-order valence-corrected chi connectivity index (χ0v) is 20.2. The molecule has 2 aromatic rings. The van der Waals surface area contributed by atoms with Gasteiger partial charge in [-0.25, -0.2) is 0 Å². The van der Waals surface area contributed by atoms with Crippen LogP contribution in [-0.2, 0) is 20.8 Å². The number of aryl methyl sites for hydroxylation is 1. The molecule has 3 rings (SSSR count). The lowest BCUT2D eigenvalue weighted by atomic mass is 10.1. The van der Waals surface area contributed by atoms with E-state index in [1.54, 1.807) is 31.3 Å². The molecule has 2 aromatic carbocycles. The zero-order chi connectivity index (χ0) is 25.2. The van der Waals surface area contributed by atoms with E-state index in [1.807, 2.05) is 30.3 Å². The number of hydrogen-bond donors (Lipinski definition) is 2. The lowest BCUT2D eigenvalue weighted by molar-refractivity contribution is -0.139. The highest BCUT2D eigenvalue weighted by Gasteiger charge is 2.28. The van der Waals surface area contributed by atoms with Crippen LogP contribution in [0.15, 0.2) is 54.6 Å². The van der Waals surface area contributed by atoms with E-state index >= 15 is 0 Å². The van der Waals surface area contributed by atoms with Crippen molar-refractivity contribution in [2.45, 2.75) is 25.3 Å². The number of para-hydroxylation sites is 1. The molecule has 0 saturated carbocycles. The van der Waals surface area contributed by atoms with Crippen molar-refractivity contribution in [3.63, 3.8) is 0 Å². The Morgan fingerprint density at radius 3 is 2.49 bits per heavy atom. The van der Waals surface area contributed by atoms with E-state index < -0.39 is 23.8 Å². The van der Waals surface area contributed by atoms with Gasteiger partial charge in [0.2, 0.25) is 17.7 Å². The van der Waals surface area contributed by atoms with Crippen molar-refractivity contribution in [3.8, 4) is 5.75 Å². The van der Waals surface area contributed by atoms with Crippen LogP contribution in [0.25, 0.3) is 0 Å². The van der Waals surface area contributed by atoms with Crippen LogP contribution in [0.1, 0.15) is 28.8 Å². The number of nitrogens with one attached hydrogen (secondary N) is 2. The predicted molar refractivity (Wildman–Crippen MR) is 131 cm³/mol. The van der Waals surface area contributed by atoms with Gasteiger partial charge >= 0.3 is 0 Å². The van der Waals surface area contributed by atoms with E-state index in [0.29, 0.717) is 25.3 Å². The number of fused-ring (bicyclic) bond motifs is 1. The first-order chi connectivity index (χ1) is 16.8. The SMILES string of the molecule is CN1CCOc2ccccc2C(=O)N[C@H](C(=O)NCCCc2ccccc2)CC(=O)N(C)CC1=O. The number of rotatable bonds is 5. The standard InChI is InChI=1S/C26H32N4O5/c1-29-15-16-35-22-13-7-6-12-20(22)25(33)28-21(17-23(31)30(2)18-24(29)32)26(34)27-14-8-11-19-9-4-3-5-10-19/h3-7,9-10,12-13,21H,8,11,14-18H2,1-2H3,(H,27,34)(H,28,33)/t21-/m0/s1. The molecule has 0 radical (unpaired) electrons. The van der Waals surface area contributed by atoms with Crippen LogP contribution >= 0.6 is 0 Å². The molecule has 1 aliphatic heterocycles. The van der Waals surface area contributed by atoms with Gasteiger partial charge in [0, 0.05) is 20.6 Å². The summed E-state index contributed by atoms with van der Waals surface area (Å²) in [6.45, 7) is 0.735. The minimum atomic E-state index is -1.10. The molecule has 1 atom stereocenters. The van der Waals surface area contributed by atoms with Crippen molar-refractivity contribution in [2.75, 3.05) is 40.3 Å². The highest BCUT2D eigenvalue weighted by Crippen LogP contribution is 2.18. The number of nitrogens with zero attached hydrogens (tertiary/aromatic N) is 2. The number of carbonyl (C=O) groups is 4. The number of ether oxygens (including phenoxy) is 1. The third-order valence-electron chi connectivity index (χ3n) is 5.82. The minimum absolute atomic E-state index is 0.134. The topological polar surface area (TPSA) is 108 Å². The Morgan fingerprint density at radius 2 is 1.71 bits per heavy atom. The largest absolute Gasteiger partial charge is 0.491 e. The second-order valence-corrected chi connectivity index (χ2v) is 8.52. The molecule has 0 bridgehead atoms. The summed E-state index contributed by atoms with van der Waals surface area (Å²) in [6, 6.07) is 15.5. The molecule has 0 unspecified atom stereocenters. The summed E-state index contributed by atoms with van der Waals surface area (Å²) in [5, 5.41) is 5.50. The van der Waals surface area contributed by atoms with Crippen LogP contribution in [0.4, 0.5) is 0 Å². The van der Waals surface area contributed by atoms with Gasteiger partial charge in [-0.05, 0) is 30.5 Å². The van der Waals surface area contributed by atoms with Crippen LogP contribution in [0.3, 0.4) is 0 Å². The lowest BCUT2D eigenvalue weighted by Crippen LogP contribution is -2.50. The van der Waals surface area contributed by atoms with Crippen LogP contribution in [0.2, 0.25) is 0 Å². The lowest BCUT2D eigenvalue weighted by Gasteiger charge is -2.25. The third-order valence-corrected chi connectivity index (χ3v) is 5.82. The summed E-state index contributed by atoms with van der Waals surface area (Å²) >= 11 is 0. The van der Waals surface area contributed by atoms with Crippen LogP contribution in [0.5, 0.6) is 5.75 Å². The third kappa shape index (κ3) is 7.56. The summed E-state index contributed by atoms with van der Waals surface area (Å²) in [5.74, 6) is -1.30. The summed E-state index contributed by atoms with van der Waals surface area (Å²) in [6.07, 6.45) is 1.23. The summed E-state index contributed by atoms with van der Waals surface area (Å²) in [5.41, 5.74) is 1.41. The van der Waals surface area contributed by atoms with Gasteiger partial charge in [0.25, 0.3) is 5.91 Å². The zero-order valence-electron chi connectivity index (χ0n) is 20.2. The van der Waals surface area contributed by atoms with Gasteiger partial charge < -0.3 is 25.2 Å². The minimum Gasteiger partial charge on any atom is -0.491 e. The molecule has 0 saturated heterocycles. The van der Waals surface area contributed by atoms with E-state index in [9.17, 15) is 19.2 Å².